The molecule has 0 amide bonds. The van der Waals surface area contributed by atoms with Crippen LogP contribution in [0, 0.1) is 0 Å². The number of hydroxylamine groups is 1. The van der Waals surface area contributed by atoms with Gasteiger partial charge in [0.2, 0.25) is 0 Å². The van der Waals surface area contributed by atoms with E-state index in [0.29, 0.717) is 32.7 Å². The van der Waals surface area contributed by atoms with Crippen LogP contribution in [0.15, 0.2) is 0 Å². The Bertz CT molecular complexity index is 943. The highest BCUT2D eigenvalue weighted by atomic mass is 16.8. The van der Waals surface area contributed by atoms with E-state index in [1.165, 1.54) is 6.42 Å². The molecule has 1 aliphatic rings. The van der Waals surface area contributed by atoms with Gasteiger partial charge in [0.25, 0.3) is 0 Å². The van der Waals surface area contributed by atoms with E-state index in [1.807, 2.05) is 7.05 Å². The lowest BCUT2D eigenvalue weighted by atomic mass is 10.3. The van der Waals surface area contributed by atoms with Crippen molar-refractivity contribution >= 4 is 0 Å². The smallest absolute Gasteiger partial charge is 0.141 e. The van der Waals surface area contributed by atoms with Gasteiger partial charge >= 0.3 is 0 Å². The van der Waals surface area contributed by atoms with E-state index in [9.17, 15) is 0 Å². The second kappa shape index (κ2) is 56.4. The van der Waals surface area contributed by atoms with E-state index >= 15 is 0 Å². The van der Waals surface area contributed by atoms with Crippen LogP contribution in [-0.2, 0) is 4.84 Å². The number of nitrogens with two attached hydrogens (primary N) is 5. The fourth-order valence-electron chi connectivity index (χ4n) is 7.82. The van der Waals surface area contributed by atoms with E-state index in [2.05, 4.69) is 101 Å². The maximum absolute atomic E-state index is 5.94. The van der Waals surface area contributed by atoms with Crippen molar-refractivity contribution in [1.29, 1.82) is 0 Å². The summed E-state index contributed by atoms with van der Waals surface area (Å²) in [6.07, 6.45) is 4.57. The van der Waals surface area contributed by atoms with E-state index in [-0.39, 0.29) is 0 Å². The molecule has 22 heteroatoms. The first-order valence-corrected chi connectivity index (χ1v) is 27.5. The molecule has 20 N–H and O–H groups in total. The van der Waals surface area contributed by atoms with Gasteiger partial charge in [-0.2, -0.15) is 5.48 Å². The van der Waals surface area contributed by atoms with Gasteiger partial charge in [0.05, 0.1) is 0 Å². The third-order valence-electron chi connectivity index (χ3n) is 11.8. The monoisotopic (exact) mass is 992 g/mol. The maximum atomic E-state index is 5.94. The minimum absolute atomic E-state index is 0.666. The normalized spacial score (nSPS) is 12.8. The van der Waals surface area contributed by atoms with Crippen LogP contribution in [0.4, 0.5) is 0 Å². The molecule has 1 fully saturated rings. The van der Waals surface area contributed by atoms with Crippen molar-refractivity contribution in [2.45, 2.75) is 39.5 Å². The van der Waals surface area contributed by atoms with Gasteiger partial charge in [-0.05, 0) is 72.0 Å². The molecule has 1 saturated heterocycles. The molecular formula is C47H117N21O. The minimum atomic E-state index is 0.666. The first-order chi connectivity index (χ1) is 34.0. The Kier molecular flexibility index (Phi) is 55.7. The Balaban J connectivity index is 0.0000148. The first-order valence-electron chi connectivity index (χ1n) is 27.5. The van der Waals surface area contributed by atoms with E-state index in [0.717, 1.165) is 249 Å². The summed E-state index contributed by atoms with van der Waals surface area (Å²) in [5, 5.41) is 32.4. The summed E-state index contributed by atoms with van der Waals surface area (Å²) in [6, 6.07) is 0. The molecule has 0 aromatic carbocycles. The molecule has 0 saturated carbocycles. The van der Waals surface area contributed by atoms with E-state index < -0.39 is 0 Å². The molecule has 1 aliphatic heterocycles. The lowest BCUT2D eigenvalue weighted by Crippen LogP contribution is -2.43. The van der Waals surface area contributed by atoms with Gasteiger partial charge in [0.15, 0.2) is 0 Å². The maximum Gasteiger partial charge on any atom is 0.141 e. The first kappa shape index (κ1) is 68.1. The molecular weight excluding hydrogens is 875 g/mol. The highest BCUT2D eigenvalue weighted by Gasteiger charge is 2.10. The van der Waals surface area contributed by atoms with Crippen LogP contribution < -0.4 is 82.0 Å². The van der Waals surface area contributed by atoms with E-state index in [4.69, 9.17) is 28.7 Å². The standard InChI is InChI=1S/C46H114N20.CH3NO/c1-4-13-53-19-43-65(44-21-55-16-8-47)45-28-59-25-38-61(37-23-57-26-40-63(32-9-48)33-10-49)30-6-14-54-20-36-62(31-7-15-60-46-66(29-5-2)35-12-51)39-24-58-27-42-64(34-11-50)41-22-56-18-17-52-3;1-2-3-1/h52-60H,4-51H2,1-3H3;2H,1H2. The molecule has 0 unspecified atom stereocenters. The predicted molar refractivity (Wildman–Crippen MR) is 295 cm³/mol. The van der Waals surface area contributed by atoms with Crippen molar-refractivity contribution in [1.82, 2.24) is 82.7 Å². The summed E-state index contributed by atoms with van der Waals surface area (Å²) in [5.74, 6) is 0. The quantitative estimate of drug-likeness (QED) is 0.0154. The largest absolute Gasteiger partial charge is 0.329 e. The zero-order valence-electron chi connectivity index (χ0n) is 45.1. The van der Waals surface area contributed by atoms with Crippen LogP contribution in [-0.4, -0.2) is 299 Å². The molecule has 0 radical (unpaired) electrons. The SMILES string of the molecule is C1NO1.CCCNCCN(CCNCCN)CCNCCN(CCCNCCN(CCCNCN(CCC)CCN)CCNCCN(CCN)CCNCCNC)CCNCCN(CCN)CCN. The Hall–Kier alpha value is -0.880. The number of rotatable bonds is 57. The molecule has 1 heterocycles. The van der Waals surface area contributed by atoms with Crippen molar-refractivity contribution in [2.24, 2.45) is 28.7 Å². The van der Waals surface area contributed by atoms with Crippen LogP contribution in [0.3, 0.4) is 0 Å². The second-order valence-corrected chi connectivity index (χ2v) is 17.9. The Morgan fingerprint density at radius 1 is 0.333 bits per heavy atom. The third-order valence-corrected chi connectivity index (χ3v) is 11.8. The van der Waals surface area contributed by atoms with Gasteiger partial charge < -0.3 is 86.3 Å². The Labute approximate surface area is 423 Å². The zero-order valence-corrected chi connectivity index (χ0v) is 45.1. The number of likely N-dealkylation sites (N-methyl/N-ethyl adjacent to an activating group) is 1. The molecule has 0 atom stereocenters. The number of hydrogen-bond acceptors (Lipinski definition) is 22. The number of nitrogens with zero attached hydrogens (tertiary/aromatic N) is 6. The molecule has 0 aromatic heterocycles. The fourth-order valence-corrected chi connectivity index (χ4v) is 7.82. The molecule has 0 aromatic rings. The number of nitrogens with one attached hydrogen (secondary N) is 10. The topological polar surface area (TPSA) is 292 Å². The van der Waals surface area contributed by atoms with Gasteiger partial charge in [0, 0.05) is 216 Å². The van der Waals surface area contributed by atoms with E-state index in [1.54, 1.807) is 0 Å². The summed E-state index contributed by atoms with van der Waals surface area (Å²) in [4.78, 5) is 19.3. The van der Waals surface area contributed by atoms with Crippen LogP contribution >= 0.6 is 0 Å². The zero-order chi connectivity index (χ0) is 50.4. The Morgan fingerprint density at radius 3 is 1.01 bits per heavy atom. The summed E-state index contributed by atoms with van der Waals surface area (Å²) < 4.78 is 0. The third kappa shape index (κ3) is 50.4. The van der Waals surface area contributed by atoms with Crippen LogP contribution in [0.5, 0.6) is 0 Å². The van der Waals surface area contributed by atoms with Crippen molar-refractivity contribution < 1.29 is 4.84 Å². The fraction of sp³-hybridized carbons (Fsp3) is 1.00. The average Bonchev–Trinajstić information content (AvgIpc) is 4.24. The van der Waals surface area contributed by atoms with Crippen molar-refractivity contribution in [3.8, 4) is 0 Å². The van der Waals surface area contributed by atoms with Crippen LogP contribution in [0.2, 0.25) is 0 Å². The molecule has 1 rings (SSSR count). The Morgan fingerprint density at radius 2 is 0.652 bits per heavy atom. The summed E-state index contributed by atoms with van der Waals surface area (Å²) in [7, 11) is 1.99. The van der Waals surface area contributed by atoms with Crippen molar-refractivity contribution in [3.63, 3.8) is 0 Å². The van der Waals surface area contributed by atoms with Gasteiger partial charge in [-0.1, -0.05) is 13.8 Å². The molecule has 0 bridgehead atoms. The van der Waals surface area contributed by atoms with Crippen LogP contribution in [0.1, 0.15) is 39.5 Å². The lowest BCUT2D eigenvalue weighted by Gasteiger charge is -2.26. The number of hydrogen-bond donors (Lipinski definition) is 15. The predicted octanol–water partition coefficient (Wildman–Crippen LogP) is -5.44. The van der Waals surface area contributed by atoms with Crippen molar-refractivity contribution in [3.05, 3.63) is 0 Å². The van der Waals surface area contributed by atoms with Gasteiger partial charge in [-0.25, -0.2) is 0 Å². The lowest BCUT2D eigenvalue weighted by molar-refractivity contribution is 0.240. The molecule has 416 valence electrons. The minimum Gasteiger partial charge on any atom is -0.329 e. The van der Waals surface area contributed by atoms with Gasteiger partial charge in [-0.3, -0.25) is 24.4 Å². The van der Waals surface area contributed by atoms with Crippen molar-refractivity contribution in [2.75, 3.05) is 269 Å². The molecule has 0 aliphatic carbocycles. The van der Waals surface area contributed by atoms with Gasteiger partial charge in [-0.15, -0.1) is 0 Å². The van der Waals surface area contributed by atoms with Gasteiger partial charge in [0.1, 0.15) is 6.73 Å². The summed E-state index contributed by atoms with van der Waals surface area (Å²) in [5.41, 5.74) is 31.7. The highest BCUT2D eigenvalue weighted by Crippen LogP contribution is 1.95. The highest BCUT2D eigenvalue weighted by molar-refractivity contribution is 4.70. The molecule has 22 nitrogen and oxygen atoms in total. The van der Waals surface area contributed by atoms with Crippen LogP contribution in [0.25, 0.3) is 0 Å². The summed E-state index contributed by atoms with van der Waals surface area (Å²) >= 11 is 0. The summed E-state index contributed by atoms with van der Waals surface area (Å²) in [6.45, 7) is 42.6. The molecule has 0 spiro atoms. The average molecular weight is 993 g/mol. The molecule has 69 heavy (non-hydrogen) atoms. The second-order valence-electron chi connectivity index (χ2n) is 17.9.